The van der Waals surface area contributed by atoms with Gasteiger partial charge in [-0.25, -0.2) is 0 Å². The third kappa shape index (κ3) is 4.00. The Balaban J connectivity index is 2.13. The molecule has 0 saturated carbocycles. The number of methoxy groups -OCH3 is 2. The highest BCUT2D eigenvalue weighted by Crippen LogP contribution is 2.35. The number of ether oxygens (including phenoxy) is 2. The normalized spacial score (nSPS) is 10.6. The maximum Gasteiger partial charge on any atom is 0.248 e. The Hall–Kier alpha value is -1.98. The number of hydrogen-bond donors (Lipinski definition) is 1. The van der Waals surface area contributed by atoms with Gasteiger partial charge in [-0.1, -0.05) is 11.6 Å². The SMILES string of the molecule is COc1cc(Cl)c(NC(=O)/C=C/c2ccsc2)cc1OC. The number of thiophene rings is 1. The Kier molecular flexibility index (Phi) is 5.25. The predicted octanol–water partition coefficient (Wildman–Crippen LogP) is 4.07. The highest BCUT2D eigenvalue weighted by molar-refractivity contribution is 7.08. The Morgan fingerprint density at radius 2 is 2.00 bits per heavy atom. The van der Waals surface area contributed by atoms with Gasteiger partial charge in [0, 0.05) is 18.2 Å². The molecular weight excluding hydrogens is 310 g/mol. The van der Waals surface area contributed by atoms with E-state index in [1.54, 1.807) is 29.5 Å². The molecule has 0 aliphatic rings. The topological polar surface area (TPSA) is 47.6 Å². The van der Waals surface area contributed by atoms with Gasteiger partial charge in [-0.15, -0.1) is 0 Å². The smallest absolute Gasteiger partial charge is 0.248 e. The highest BCUT2D eigenvalue weighted by atomic mass is 35.5. The summed E-state index contributed by atoms with van der Waals surface area (Å²) >= 11 is 7.68. The monoisotopic (exact) mass is 323 g/mol. The Bertz CT molecular complexity index is 653. The first kappa shape index (κ1) is 15.4. The lowest BCUT2D eigenvalue weighted by Gasteiger charge is -2.11. The first-order chi connectivity index (χ1) is 10.1. The van der Waals surface area contributed by atoms with Crippen LogP contribution in [0.5, 0.6) is 11.5 Å². The van der Waals surface area contributed by atoms with Crippen molar-refractivity contribution in [1.82, 2.24) is 0 Å². The molecule has 2 rings (SSSR count). The van der Waals surface area contributed by atoms with Gasteiger partial charge in [0.05, 0.1) is 24.9 Å². The summed E-state index contributed by atoms with van der Waals surface area (Å²) in [5, 5.41) is 6.99. The molecule has 4 nitrogen and oxygen atoms in total. The number of nitrogens with one attached hydrogen (secondary N) is 1. The molecule has 0 atom stereocenters. The average molecular weight is 324 g/mol. The Morgan fingerprint density at radius 1 is 1.29 bits per heavy atom. The molecule has 0 fully saturated rings. The second-order valence-electron chi connectivity index (χ2n) is 4.07. The molecule has 0 aliphatic carbocycles. The number of carbonyl (C=O) groups excluding carboxylic acids is 1. The molecule has 1 aromatic heterocycles. The molecule has 0 spiro atoms. The summed E-state index contributed by atoms with van der Waals surface area (Å²) in [6, 6.07) is 5.15. The van der Waals surface area contributed by atoms with Crippen LogP contribution in [0.3, 0.4) is 0 Å². The molecule has 1 aromatic carbocycles. The molecule has 0 saturated heterocycles. The maximum atomic E-state index is 11.9. The summed E-state index contributed by atoms with van der Waals surface area (Å²) < 4.78 is 10.3. The van der Waals surface area contributed by atoms with E-state index in [4.69, 9.17) is 21.1 Å². The standard InChI is InChI=1S/C15H14ClNO3S/c1-19-13-7-11(16)12(8-14(13)20-2)17-15(18)4-3-10-5-6-21-9-10/h3-9H,1-2H3,(H,17,18)/b4-3+. The van der Waals surface area contributed by atoms with Crippen molar-refractivity contribution in [1.29, 1.82) is 0 Å². The van der Waals surface area contributed by atoms with Crippen molar-refractivity contribution in [3.63, 3.8) is 0 Å². The Morgan fingerprint density at radius 3 is 2.62 bits per heavy atom. The van der Waals surface area contributed by atoms with Crippen LogP contribution in [-0.4, -0.2) is 20.1 Å². The number of halogens is 1. The number of anilines is 1. The lowest BCUT2D eigenvalue weighted by molar-refractivity contribution is -0.111. The summed E-state index contributed by atoms with van der Waals surface area (Å²) in [5.41, 5.74) is 1.45. The van der Waals surface area contributed by atoms with Crippen LogP contribution in [0.4, 0.5) is 5.69 Å². The Labute approximate surface area is 132 Å². The zero-order valence-electron chi connectivity index (χ0n) is 11.6. The van der Waals surface area contributed by atoms with Gasteiger partial charge in [0.2, 0.25) is 5.91 Å². The van der Waals surface area contributed by atoms with Crippen molar-refractivity contribution in [3.8, 4) is 11.5 Å². The summed E-state index contributed by atoms with van der Waals surface area (Å²) in [5.74, 6) is 0.739. The average Bonchev–Trinajstić information content (AvgIpc) is 3.00. The second-order valence-corrected chi connectivity index (χ2v) is 5.25. The number of rotatable bonds is 5. The number of hydrogen-bond acceptors (Lipinski definition) is 4. The summed E-state index contributed by atoms with van der Waals surface area (Å²) in [7, 11) is 3.05. The molecule has 1 amide bonds. The minimum absolute atomic E-state index is 0.268. The number of benzene rings is 1. The second kappa shape index (κ2) is 7.15. The molecule has 6 heteroatoms. The fraction of sp³-hybridized carbons (Fsp3) is 0.133. The van der Waals surface area contributed by atoms with E-state index in [-0.39, 0.29) is 5.91 Å². The summed E-state index contributed by atoms with van der Waals surface area (Å²) in [6.07, 6.45) is 3.19. The number of amides is 1. The van der Waals surface area contributed by atoms with Gasteiger partial charge in [0.25, 0.3) is 0 Å². The summed E-state index contributed by atoms with van der Waals surface area (Å²) in [6.45, 7) is 0. The van der Waals surface area contributed by atoms with E-state index in [0.717, 1.165) is 5.56 Å². The van der Waals surface area contributed by atoms with Gasteiger partial charge < -0.3 is 14.8 Å². The van der Waals surface area contributed by atoms with E-state index in [2.05, 4.69) is 5.32 Å². The molecule has 0 aliphatic heterocycles. The van der Waals surface area contributed by atoms with Gasteiger partial charge in [0.1, 0.15) is 0 Å². The van der Waals surface area contributed by atoms with Crippen molar-refractivity contribution in [2.75, 3.05) is 19.5 Å². The molecule has 0 bridgehead atoms. The van der Waals surface area contributed by atoms with E-state index in [1.807, 2.05) is 16.8 Å². The fourth-order valence-corrected chi connectivity index (χ4v) is 2.50. The van der Waals surface area contributed by atoms with Crippen molar-refractivity contribution in [2.45, 2.75) is 0 Å². The molecular formula is C15H14ClNO3S. The molecule has 1 heterocycles. The molecule has 2 aromatic rings. The van der Waals surface area contributed by atoms with Crippen LogP contribution in [0.2, 0.25) is 5.02 Å². The van der Waals surface area contributed by atoms with Gasteiger partial charge in [0.15, 0.2) is 11.5 Å². The van der Waals surface area contributed by atoms with Gasteiger partial charge in [-0.2, -0.15) is 11.3 Å². The molecule has 21 heavy (non-hydrogen) atoms. The highest BCUT2D eigenvalue weighted by Gasteiger charge is 2.11. The number of carbonyl (C=O) groups is 1. The van der Waals surface area contributed by atoms with Crippen LogP contribution >= 0.6 is 22.9 Å². The molecule has 0 radical (unpaired) electrons. The largest absolute Gasteiger partial charge is 0.493 e. The third-order valence-electron chi connectivity index (χ3n) is 2.70. The first-order valence-electron chi connectivity index (χ1n) is 6.07. The van der Waals surface area contributed by atoms with E-state index < -0.39 is 0 Å². The van der Waals surface area contributed by atoms with Gasteiger partial charge in [-0.3, -0.25) is 4.79 Å². The zero-order valence-corrected chi connectivity index (χ0v) is 13.1. The lowest BCUT2D eigenvalue weighted by atomic mass is 10.2. The van der Waals surface area contributed by atoms with Crippen molar-refractivity contribution in [3.05, 3.63) is 45.6 Å². The van der Waals surface area contributed by atoms with Crippen LogP contribution in [0.25, 0.3) is 6.08 Å². The van der Waals surface area contributed by atoms with Crippen LogP contribution < -0.4 is 14.8 Å². The first-order valence-corrected chi connectivity index (χ1v) is 7.39. The van der Waals surface area contributed by atoms with E-state index >= 15 is 0 Å². The van der Waals surface area contributed by atoms with Gasteiger partial charge in [-0.05, 0) is 28.5 Å². The predicted molar refractivity (Wildman–Crippen MR) is 86.5 cm³/mol. The van der Waals surface area contributed by atoms with E-state index in [9.17, 15) is 4.79 Å². The van der Waals surface area contributed by atoms with Crippen molar-refractivity contribution >= 4 is 40.6 Å². The van der Waals surface area contributed by atoms with E-state index in [1.165, 1.54) is 20.3 Å². The molecule has 110 valence electrons. The fourth-order valence-electron chi connectivity index (χ4n) is 1.67. The summed E-state index contributed by atoms with van der Waals surface area (Å²) in [4.78, 5) is 11.9. The van der Waals surface area contributed by atoms with Crippen molar-refractivity contribution < 1.29 is 14.3 Å². The van der Waals surface area contributed by atoms with Crippen molar-refractivity contribution in [2.24, 2.45) is 0 Å². The minimum atomic E-state index is -0.268. The molecule has 1 N–H and O–H groups in total. The third-order valence-corrected chi connectivity index (χ3v) is 3.72. The minimum Gasteiger partial charge on any atom is -0.493 e. The van der Waals surface area contributed by atoms with E-state index in [0.29, 0.717) is 22.2 Å². The zero-order chi connectivity index (χ0) is 15.2. The maximum absolute atomic E-state index is 11.9. The quantitative estimate of drug-likeness (QED) is 0.844. The van der Waals surface area contributed by atoms with Gasteiger partial charge >= 0.3 is 0 Å². The molecule has 0 unspecified atom stereocenters. The van der Waals surface area contributed by atoms with Crippen LogP contribution in [0, 0.1) is 0 Å². The lowest BCUT2D eigenvalue weighted by Crippen LogP contribution is -2.08. The van der Waals surface area contributed by atoms with Crippen LogP contribution in [0.1, 0.15) is 5.56 Å². The van der Waals surface area contributed by atoms with Crippen LogP contribution in [0.15, 0.2) is 35.0 Å². The van der Waals surface area contributed by atoms with Crippen LogP contribution in [-0.2, 0) is 4.79 Å².